The van der Waals surface area contributed by atoms with Crippen molar-refractivity contribution in [2.24, 2.45) is 0 Å². The number of nitrogens with zero attached hydrogens (tertiary/aromatic N) is 1. The first-order valence-electron chi connectivity index (χ1n) is 7.35. The molecule has 2 saturated heterocycles. The van der Waals surface area contributed by atoms with Crippen molar-refractivity contribution < 1.29 is 4.79 Å². The maximum Gasteiger partial charge on any atom is 0.243 e. The van der Waals surface area contributed by atoms with Gasteiger partial charge in [0.2, 0.25) is 5.91 Å². The van der Waals surface area contributed by atoms with Gasteiger partial charge in [0.1, 0.15) is 0 Å². The molecule has 1 aromatic rings. The zero-order chi connectivity index (χ0) is 13.3. The molecule has 1 N–H and O–H groups in total. The van der Waals surface area contributed by atoms with Gasteiger partial charge in [0.05, 0.1) is 11.6 Å². The van der Waals surface area contributed by atoms with Gasteiger partial charge < -0.3 is 10.2 Å². The summed E-state index contributed by atoms with van der Waals surface area (Å²) < 4.78 is 0. The van der Waals surface area contributed by atoms with Crippen molar-refractivity contribution in [2.75, 3.05) is 13.1 Å². The number of carbonyl (C=O) groups excluding carboxylic acids is 1. The van der Waals surface area contributed by atoms with E-state index in [4.69, 9.17) is 0 Å². The van der Waals surface area contributed by atoms with Gasteiger partial charge >= 0.3 is 0 Å². The van der Waals surface area contributed by atoms with Crippen LogP contribution in [0.3, 0.4) is 0 Å². The number of hydrogen-bond donors (Lipinski definition) is 1. The van der Waals surface area contributed by atoms with Crippen LogP contribution in [0.25, 0.3) is 0 Å². The molecule has 104 valence electrons. The van der Waals surface area contributed by atoms with Crippen LogP contribution in [0.2, 0.25) is 0 Å². The molecule has 3 nitrogen and oxygen atoms in total. The Labute approximate surface area is 119 Å². The lowest BCUT2D eigenvalue weighted by molar-refractivity contribution is -0.139. The number of carbonyl (C=O) groups is 1. The monoisotopic (exact) mass is 278 g/mol. The Morgan fingerprint density at radius 1 is 1.58 bits per heavy atom. The van der Waals surface area contributed by atoms with Gasteiger partial charge in [-0.15, -0.1) is 0 Å². The Morgan fingerprint density at radius 3 is 3.11 bits per heavy atom. The summed E-state index contributed by atoms with van der Waals surface area (Å²) in [7, 11) is 0. The average Bonchev–Trinajstić information content (AvgIpc) is 3.17. The fourth-order valence-electron chi connectivity index (χ4n) is 3.54. The lowest BCUT2D eigenvalue weighted by atomic mass is 9.91. The normalized spacial score (nSPS) is 31.0. The highest BCUT2D eigenvalue weighted by atomic mass is 32.1. The predicted octanol–water partition coefficient (Wildman–Crippen LogP) is 2.94. The van der Waals surface area contributed by atoms with Crippen molar-refractivity contribution >= 4 is 17.2 Å². The first kappa shape index (κ1) is 13.1. The molecular weight excluding hydrogens is 256 g/mol. The van der Waals surface area contributed by atoms with E-state index in [9.17, 15) is 4.79 Å². The minimum absolute atomic E-state index is 0.279. The van der Waals surface area contributed by atoms with Crippen LogP contribution in [0.4, 0.5) is 0 Å². The molecule has 0 aliphatic carbocycles. The topological polar surface area (TPSA) is 32.3 Å². The first-order chi connectivity index (χ1) is 9.27. The molecule has 2 atom stereocenters. The lowest BCUT2D eigenvalue weighted by Gasteiger charge is -2.35. The van der Waals surface area contributed by atoms with E-state index in [0.717, 1.165) is 45.2 Å². The highest BCUT2D eigenvalue weighted by molar-refractivity contribution is 7.07. The predicted molar refractivity (Wildman–Crippen MR) is 78.3 cm³/mol. The van der Waals surface area contributed by atoms with Crippen LogP contribution in [0, 0.1) is 0 Å². The van der Waals surface area contributed by atoms with E-state index >= 15 is 0 Å². The number of likely N-dealkylation sites (tertiary alicyclic amines) is 1. The van der Waals surface area contributed by atoms with Gasteiger partial charge in [0, 0.05) is 6.54 Å². The smallest absolute Gasteiger partial charge is 0.243 e. The number of rotatable bonds is 3. The highest BCUT2D eigenvalue weighted by Crippen LogP contribution is 2.37. The van der Waals surface area contributed by atoms with E-state index in [1.165, 1.54) is 5.56 Å². The van der Waals surface area contributed by atoms with Crippen LogP contribution in [0.1, 0.15) is 50.6 Å². The van der Waals surface area contributed by atoms with Gasteiger partial charge in [0.15, 0.2) is 0 Å². The molecule has 0 radical (unpaired) electrons. The number of nitrogens with one attached hydrogen (secondary N) is 1. The molecule has 1 aromatic heterocycles. The van der Waals surface area contributed by atoms with Crippen molar-refractivity contribution in [1.29, 1.82) is 0 Å². The van der Waals surface area contributed by atoms with Crippen molar-refractivity contribution in [3.63, 3.8) is 0 Å². The summed E-state index contributed by atoms with van der Waals surface area (Å²) in [6, 6.07) is 2.48. The third kappa shape index (κ3) is 2.21. The molecule has 2 aliphatic heterocycles. The number of amides is 1. The van der Waals surface area contributed by atoms with Crippen molar-refractivity contribution in [3.8, 4) is 0 Å². The quantitative estimate of drug-likeness (QED) is 0.922. The third-order valence-corrected chi connectivity index (χ3v) is 5.40. The van der Waals surface area contributed by atoms with Crippen LogP contribution in [0.15, 0.2) is 16.8 Å². The maximum atomic E-state index is 13.0. The standard InChI is InChI=1S/C15H22N2OS/c1-2-15(7-4-8-16-15)14(18)17-9-3-5-13(17)12-6-10-19-11-12/h6,10-11,13,16H,2-5,7-9H2,1H3. The van der Waals surface area contributed by atoms with E-state index < -0.39 is 0 Å². The molecule has 0 aromatic carbocycles. The Kier molecular flexibility index (Phi) is 3.63. The fourth-order valence-corrected chi connectivity index (χ4v) is 4.24. The highest BCUT2D eigenvalue weighted by Gasteiger charge is 2.44. The Morgan fingerprint density at radius 2 is 2.47 bits per heavy atom. The number of hydrogen-bond acceptors (Lipinski definition) is 3. The Bertz CT molecular complexity index is 437. The molecule has 2 aliphatic rings. The molecule has 0 saturated carbocycles. The largest absolute Gasteiger partial charge is 0.334 e. The fraction of sp³-hybridized carbons (Fsp3) is 0.667. The second-order valence-corrected chi connectivity index (χ2v) is 6.46. The van der Waals surface area contributed by atoms with Crippen LogP contribution in [-0.2, 0) is 4.79 Å². The molecule has 2 fully saturated rings. The summed E-state index contributed by atoms with van der Waals surface area (Å²) >= 11 is 1.72. The van der Waals surface area contributed by atoms with Crippen LogP contribution in [0.5, 0.6) is 0 Å². The molecule has 4 heteroatoms. The van der Waals surface area contributed by atoms with Gasteiger partial charge in [-0.05, 0) is 61.0 Å². The second-order valence-electron chi connectivity index (χ2n) is 5.68. The van der Waals surface area contributed by atoms with Gasteiger partial charge in [0.25, 0.3) is 0 Å². The minimum Gasteiger partial charge on any atom is -0.334 e. The van der Waals surface area contributed by atoms with Gasteiger partial charge in [-0.1, -0.05) is 6.92 Å². The molecule has 3 rings (SSSR count). The second kappa shape index (κ2) is 5.25. The van der Waals surface area contributed by atoms with Crippen molar-refractivity contribution in [2.45, 2.75) is 50.6 Å². The molecule has 3 heterocycles. The zero-order valence-electron chi connectivity index (χ0n) is 11.5. The summed E-state index contributed by atoms with van der Waals surface area (Å²) in [5.41, 5.74) is 1.04. The van der Waals surface area contributed by atoms with E-state index in [0.29, 0.717) is 11.9 Å². The summed E-state index contributed by atoms with van der Waals surface area (Å²) in [4.78, 5) is 15.1. The van der Waals surface area contributed by atoms with E-state index in [-0.39, 0.29) is 5.54 Å². The maximum absolute atomic E-state index is 13.0. The Balaban J connectivity index is 1.82. The molecule has 0 bridgehead atoms. The average molecular weight is 278 g/mol. The zero-order valence-corrected chi connectivity index (χ0v) is 12.3. The first-order valence-corrected chi connectivity index (χ1v) is 8.29. The molecule has 19 heavy (non-hydrogen) atoms. The lowest BCUT2D eigenvalue weighted by Crippen LogP contribution is -2.54. The van der Waals surface area contributed by atoms with Crippen molar-refractivity contribution in [1.82, 2.24) is 10.2 Å². The van der Waals surface area contributed by atoms with Crippen molar-refractivity contribution in [3.05, 3.63) is 22.4 Å². The van der Waals surface area contributed by atoms with E-state index in [1.54, 1.807) is 11.3 Å². The van der Waals surface area contributed by atoms with Gasteiger partial charge in [-0.2, -0.15) is 11.3 Å². The van der Waals surface area contributed by atoms with Gasteiger partial charge in [-0.25, -0.2) is 0 Å². The van der Waals surface area contributed by atoms with Crippen LogP contribution < -0.4 is 5.32 Å². The summed E-state index contributed by atoms with van der Waals surface area (Å²) in [5, 5.41) is 7.78. The SMILES string of the molecule is CCC1(C(=O)N2CCCC2c2ccsc2)CCCN1. The molecule has 2 unspecified atom stereocenters. The van der Waals surface area contributed by atoms with Gasteiger partial charge in [-0.3, -0.25) is 4.79 Å². The summed E-state index contributed by atoms with van der Waals surface area (Å²) in [6.45, 7) is 4.03. The Hall–Kier alpha value is -0.870. The molecular formula is C15H22N2OS. The van der Waals surface area contributed by atoms with Crippen LogP contribution >= 0.6 is 11.3 Å². The van der Waals surface area contributed by atoms with E-state index in [2.05, 4.69) is 34.0 Å². The molecule has 0 spiro atoms. The summed E-state index contributed by atoms with van der Waals surface area (Å²) in [5.74, 6) is 0.334. The number of thiophene rings is 1. The third-order valence-electron chi connectivity index (χ3n) is 4.70. The summed E-state index contributed by atoms with van der Waals surface area (Å²) in [6.07, 6.45) is 5.26. The minimum atomic E-state index is -0.279. The molecule has 1 amide bonds. The van der Waals surface area contributed by atoms with E-state index in [1.807, 2.05) is 0 Å². The van der Waals surface area contributed by atoms with Crippen LogP contribution in [-0.4, -0.2) is 29.4 Å².